The van der Waals surface area contributed by atoms with Gasteiger partial charge in [-0.15, -0.1) is 0 Å². The average molecular weight is 508 g/mol. The maximum atomic E-state index is 12.7. The van der Waals surface area contributed by atoms with Gasteiger partial charge >= 0.3 is 0 Å². The van der Waals surface area contributed by atoms with E-state index in [2.05, 4.69) is 32.3 Å². The Bertz CT molecular complexity index is 1050. The summed E-state index contributed by atoms with van der Waals surface area (Å²) >= 11 is 11.2. The summed E-state index contributed by atoms with van der Waals surface area (Å²) in [6.45, 7) is 0. The van der Waals surface area contributed by atoms with Crippen LogP contribution in [0.5, 0.6) is 5.75 Å². The van der Waals surface area contributed by atoms with E-state index in [1.54, 1.807) is 17.8 Å². The minimum Gasteiger partial charge on any atom is -0.490 e. The number of fused-ring (bicyclic) bond motifs is 4. The van der Waals surface area contributed by atoms with Crippen LogP contribution >= 0.6 is 39.3 Å². The number of halogens is 2. The number of hydrogen-bond donors (Lipinski definition) is 2. The van der Waals surface area contributed by atoms with Crippen molar-refractivity contribution in [3.05, 3.63) is 57.3 Å². The predicted octanol–water partition coefficient (Wildman–Crippen LogP) is 4.11. The van der Waals surface area contributed by atoms with E-state index in [4.69, 9.17) is 27.1 Å². The highest BCUT2D eigenvalue weighted by atomic mass is 79.9. The van der Waals surface area contributed by atoms with Crippen LogP contribution in [0.2, 0.25) is 5.02 Å². The third kappa shape index (κ3) is 3.48. The molecule has 2 aliphatic heterocycles. The molecule has 1 aromatic heterocycles. The molecule has 5 rings (SSSR count). The molecular weight excluding hydrogens is 488 g/mol. The van der Waals surface area contributed by atoms with Crippen molar-refractivity contribution in [3.8, 4) is 5.75 Å². The standard InChI is InChI=1S/C21H20BrClN4O2S/c22-12-1-3-17-15(6-12)21(10-30-20(24)27-21)16-7-14(2-4-18(16)29-17)26-19(28)11-5-13(23)9-25-8-11/h1,3,5-6,8-9,14,16,18H,2,4,7,10H2,(H2,24,27)(H,26,28)/t14?,16-,18-,21?/m0/s1. The van der Waals surface area contributed by atoms with E-state index in [1.165, 1.54) is 12.4 Å². The molecule has 1 amide bonds. The van der Waals surface area contributed by atoms with E-state index in [1.807, 2.05) is 12.1 Å². The lowest BCUT2D eigenvalue weighted by molar-refractivity contribution is 0.0155. The molecule has 1 fully saturated rings. The van der Waals surface area contributed by atoms with E-state index in [0.29, 0.717) is 15.8 Å². The monoisotopic (exact) mass is 506 g/mol. The maximum Gasteiger partial charge on any atom is 0.253 e. The molecule has 3 aliphatic rings. The molecule has 0 saturated heterocycles. The maximum absolute atomic E-state index is 12.7. The Hall–Kier alpha value is -1.77. The minimum absolute atomic E-state index is 0.0222. The molecule has 4 atom stereocenters. The number of thioether (sulfide) groups is 1. The molecule has 0 bridgehead atoms. The molecule has 1 aliphatic carbocycles. The van der Waals surface area contributed by atoms with Crippen molar-refractivity contribution in [3.63, 3.8) is 0 Å². The van der Waals surface area contributed by atoms with Crippen molar-refractivity contribution < 1.29 is 9.53 Å². The Morgan fingerprint density at radius 1 is 1.33 bits per heavy atom. The van der Waals surface area contributed by atoms with Crippen molar-refractivity contribution in [2.24, 2.45) is 16.6 Å². The quantitative estimate of drug-likeness (QED) is 0.638. The Morgan fingerprint density at radius 2 is 2.20 bits per heavy atom. The highest BCUT2D eigenvalue weighted by Crippen LogP contribution is 2.54. The summed E-state index contributed by atoms with van der Waals surface area (Å²) in [5.41, 5.74) is 7.23. The second-order valence-corrected chi connectivity index (χ2v) is 10.3. The zero-order chi connectivity index (χ0) is 20.9. The summed E-state index contributed by atoms with van der Waals surface area (Å²) in [6.07, 6.45) is 5.56. The number of nitrogens with zero attached hydrogens (tertiary/aromatic N) is 2. The number of ether oxygens (including phenoxy) is 1. The van der Waals surface area contributed by atoms with Crippen LogP contribution in [0.15, 0.2) is 46.1 Å². The average Bonchev–Trinajstić information content (AvgIpc) is 3.12. The smallest absolute Gasteiger partial charge is 0.253 e. The van der Waals surface area contributed by atoms with Crippen LogP contribution in [-0.2, 0) is 5.54 Å². The molecule has 6 nitrogen and oxygen atoms in total. The first-order valence-electron chi connectivity index (χ1n) is 9.81. The second-order valence-electron chi connectivity index (χ2n) is 7.94. The number of aliphatic imine (C=N–C) groups is 1. The van der Waals surface area contributed by atoms with E-state index in [9.17, 15) is 4.79 Å². The summed E-state index contributed by atoms with van der Waals surface area (Å²) in [6, 6.07) is 7.74. The Labute approximate surface area is 192 Å². The summed E-state index contributed by atoms with van der Waals surface area (Å²) in [7, 11) is 0. The number of benzene rings is 1. The SMILES string of the molecule is NC1=NC2(CS1)c1cc(Br)ccc1O[C@H]1CCC(NC(=O)c3cncc(Cl)c3)C[C@@H]12. The molecule has 3 heterocycles. The molecule has 1 saturated carbocycles. The van der Waals surface area contributed by atoms with Gasteiger partial charge in [0.2, 0.25) is 0 Å². The van der Waals surface area contributed by atoms with Gasteiger partial charge in [-0.3, -0.25) is 9.78 Å². The molecule has 2 unspecified atom stereocenters. The number of carbonyl (C=O) groups is 1. The summed E-state index contributed by atoms with van der Waals surface area (Å²) in [5.74, 6) is 1.63. The van der Waals surface area contributed by atoms with E-state index < -0.39 is 5.54 Å². The Morgan fingerprint density at radius 3 is 2.97 bits per heavy atom. The highest BCUT2D eigenvalue weighted by molar-refractivity contribution is 9.10. The molecule has 9 heteroatoms. The van der Waals surface area contributed by atoms with Gasteiger partial charge < -0.3 is 15.8 Å². The van der Waals surface area contributed by atoms with Gasteiger partial charge in [0.05, 0.1) is 10.6 Å². The van der Waals surface area contributed by atoms with Gasteiger partial charge in [-0.25, -0.2) is 4.99 Å². The second kappa shape index (κ2) is 7.73. The van der Waals surface area contributed by atoms with Gasteiger partial charge in [0, 0.05) is 40.1 Å². The van der Waals surface area contributed by atoms with Crippen LogP contribution in [0.1, 0.15) is 35.2 Å². The minimum atomic E-state index is -0.433. The predicted molar refractivity (Wildman–Crippen MR) is 122 cm³/mol. The number of hydrogen-bond acceptors (Lipinski definition) is 6. The molecule has 0 radical (unpaired) electrons. The van der Waals surface area contributed by atoms with Crippen LogP contribution in [0.4, 0.5) is 0 Å². The number of amidine groups is 1. The summed E-state index contributed by atoms with van der Waals surface area (Å²) in [4.78, 5) is 21.7. The van der Waals surface area contributed by atoms with Crippen molar-refractivity contribution in [1.29, 1.82) is 0 Å². The van der Waals surface area contributed by atoms with Gasteiger partial charge in [-0.1, -0.05) is 39.3 Å². The van der Waals surface area contributed by atoms with Crippen molar-refractivity contribution >= 4 is 50.4 Å². The molecule has 1 aromatic carbocycles. The van der Waals surface area contributed by atoms with E-state index >= 15 is 0 Å². The topological polar surface area (TPSA) is 89.6 Å². The lowest BCUT2D eigenvalue weighted by Crippen LogP contribution is -2.54. The molecule has 3 N–H and O–H groups in total. The molecule has 2 aromatic rings. The zero-order valence-corrected chi connectivity index (χ0v) is 19.1. The number of aromatic nitrogens is 1. The first kappa shape index (κ1) is 20.2. The van der Waals surface area contributed by atoms with Crippen molar-refractivity contribution in [1.82, 2.24) is 10.3 Å². The third-order valence-corrected chi connectivity index (χ3v) is 7.81. The first-order valence-corrected chi connectivity index (χ1v) is 12.0. The fraction of sp³-hybridized carbons (Fsp3) is 0.381. The van der Waals surface area contributed by atoms with Gasteiger partial charge in [0.25, 0.3) is 5.91 Å². The molecule has 1 spiro atoms. The fourth-order valence-corrected chi connectivity index (χ4v) is 6.37. The van der Waals surface area contributed by atoms with Crippen LogP contribution in [0, 0.1) is 5.92 Å². The van der Waals surface area contributed by atoms with Gasteiger partial charge in [-0.2, -0.15) is 0 Å². The van der Waals surface area contributed by atoms with Crippen LogP contribution in [0.25, 0.3) is 0 Å². The van der Waals surface area contributed by atoms with Gasteiger partial charge in [-0.05, 0) is 43.5 Å². The number of nitrogens with two attached hydrogens (primary N) is 1. The normalized spacial score (nSPS) is 29.5. The van der Waals surface area contributed by atoms with Crippen LogP contribution in [-0.4, -0.2) is 34.0 Å². The Balaban J connectivity index is 1.44. The van der Waals surface area contributed by atoms with Crippen LogP contribution in [0.3, 0.4) is 0 Å². The third-order valence-electron chi connectivity index (χ3n) is 6.14. The van der Waals surface area contributed by atoms with E-state index in [0.717, 1.165) is 40.8 Å². The van der Waals surface area contributed by atoms with Gasteiger partial charge in [0.1, 0.15) is 17.4 Å². The number of pyridine rings is 1. The van der Waals surface area contributed by atoms with Crippen molar-refractivity contribution in [2.75, 3.05) is 5.75 Å². The first-order chi connectivity index (χ1) is 14.4. The fourth-order valence-electron chi connectivity index (χ4n) is 4.80. The molecule has 30 heavy (non-hydrogen) atoms. The highest BCUT2D eigenvalue weighted by Gasteiger charge is 2.54. The van der Waals surface area contributed by atoms with Crippen molar-refractivity contribution in [2.45, 2.75) is 36.9 Å². The lowest BCUT2D eigenvalue weighted by atomic mass is 9.67. The number of rotatable bonds is 2. The van der Waals surface area contributed by atoms with Crippen LogP contribution < -0.4 is 15.8 Å². The number of carbonyl (C=O) groups excluding carboxylic acids is 1. The number of amides is 1. The van der Waals surface area contributed by atoms with Gasteiger partial charge in [0.15, 0.2) is 5.17 Å². The number of nitrogens with one attached hydrogen (secondary N) is 1. The van der Waals surface area contributed by atoms with E-state index in [-0.39, 0.29) is 24.0 Å². The summed E-state index contributed by atoms with van der Waals surface area (Å²) in [5, 5.41) is 4.21. The summed E-state index contributed by atoms with van der Waals surface area (Å²) < 4.78 is 7.37. The largest absolute Gasteiger partial charge is 0.490 e. The Kier molecular flexibility index (Phi) is 5.19. The lowest BCUT2D eigenvalue weighted by Gasteiger charge is -2.48. The zero-order valence-electron chi connectivity index (χ0n) is 16.0. The molecular formula is C21H20BrClN4O2S. The molecule has 156 valence electrons.